The number of likely N-dealkylation sites (tertiary alicyclic amines) is 1. The van der Waals surface area contributed by atoms with Gasteiger partial charge in [-0.2, -0.15) is 0 Å². The van der Waals surface area contributed by atoms with Gasteiger partial charge in [-0.3, -0.25) is 9.62 Å². The van der Waals surface area contributed by atoms with E-state index in [4.69, 9.17) is 9.57 Å². The normalized spacial score (nSPS) is 18.5. The molecule has 0 atom stereocenters. The summed E-state index contributed by atoms with van der Waals surface area (Å²) in [6, 6.07) is 15.1. The van der Waals surface area contributed by atoms with Gasteiger partial charge in [-0.1, -0.05) is 49.4 Å². The molecule has 0 amide bonds. The van der Waals surface area contributed by atoms with Crippen molar-refractivity contribution in [3.05, 3.63) is 54.1 Å². The Morgan fingerprint density at radius 2 is 1.57 bits per heavy atom. The van der Waals surface area contributed by atoms with E-state index in [1.54, 1.807) is 24.3 Å². The lowest BCUT2D eigenvalue weighted by molar-refractivity contribution is 0.150. The van der Waals surface area contributed by atoms with Gasteiger partial charge in [0.1, 0.15) is 18.1 Å². The molecule has 0 bridgehead atoms. The minimum Gasteiger partial charge on any atom is -0.457 e. The molecule has 7 nitrogen and oxygen atoms in total. The molecule has 2 aromatic rings. The molecule has 0 aromatic heterocycles. The minimum atomic E-state index is -3.29. The van der Waals surface area contributed by atoms with Gasteiger partial charge in [0.05, 0.1) is 12.0 Å². The second-order valence-electron chi connectivity index (χ2n) is 10.4. The van der Waals surface area contributed by atoms with Crippen molar-refractivity contribution in [3.8, 4) is 11.5 Å². The molecule has 37 heavy (non-hydrogen) atoms. The third-order valence-electron chi connectivity index (χ3n) is 7.32. The van der Waals surface area contributed by atoms with E-state index >= 15 is 0 Å². The highest BCUT2D eigenvalue weighted by Gasteiger charge is 2.26. The molecular formula is C29H41N3O4S. The lowest BCUT2D eigenvalue weighted by atomic mass is 9.81. The zero-order valence-corrected chi connectivity index (χ0v) is 23.0. The van der Waals surface area contributed by atoms with E-state index in [9.17, 15) is 8.42 Å². The fourth-order valence-corrected chi connectivity index (χ4v) is 5.96. The third-order valence-corrected chi connectivity index (χ3v) is 7.92. The highest BCUT2D eigenvalue weighted by Crippen LogP contribution is 2.31. The van der Waals surface area contributed by atoms with Gasteiger partial charge in [0, 0.05) is 18.2 Å². The fraction of sp³-hybridized carbons (Fsp3) is 0.552. The molecule has 1 aliphatic carbocycles. The highest BCUT2D eigenvalue weighted by molar-refractivity contribution is 7.92. The predicted octanol–water partition coefficient (Wildman–Crippen LogP) is 6.43. The largest absolute Gasteiger partial charge is 0.457 e. The van der Waals surface area contributed by atoms with Gasteiger partial charge in [-0.05, 0) is 87.2 Å². The first-order valence-corrected chi connectivity index (χ1v) is 15.5. The highest BCUT2D eigenvalue weighted by atomic mass is 32.2. The number of nitrogens with zero attached hydrogens (tertiary/aromatic N) is 2. The Labute approximate surface area is 222 Å². The van der Waals surface area contributed by atoms with Crippen LogP contribution in [0.5, 0.6) is 11.5 Å². The quantitative estimate of drug-likeness (QED) is 0.269. The number of nitrogens with one attached hydrogen (secondary N) is 1. The Morgan fingerprint density at radius 1 is 0.946 bits per heavy atom. The number of hydrogen-bond donors (Lipinski definition) is 1. The summed E-state index contributed by atoms with van der Waals surface area (Å²) >= 11 is 0. The van der Waals surface area contributed by atoms with Crippen molar-refractivity contribution in [1.29, 1.82) is 0 Å². The lowest BCUT2D eigenvalue weighted by Crippen LogP contribution is -2.36. The van der Waals surface area contributed by atoms with Crippen molar-refractivity contribution >= 4 is 21.4 Å². The van der Waals surface area contributed by atoms with Crippen LogP contribution in [0.1, 0.15) is 63.9 Å². The van der Waals surface area contributed by atoms with Crippen LogP contribution in [0.25, 0.3) is 0 Å². The predicted molar refractivity (Wildman–Crippen MR) is 150 cm³/mol. The number of oxime groups is 1. The Morgan fingerprint density at radius 3 is 2.16 bits per heavy atom. The van der Waals surface area contributed by atoms with Crippen LogP contribution in [0.15, 0.2) is 53.7 Å². The first kappa shape index (κ1) is 27.5. The lowest BCUT2D eigenvalue weighted by Gasteiger charge is -2.33. The maximum Gasteiger partial charge on any atom is 0.229 e. The molecule has 4 rings (SSSR count). The molecule has 0 radical (unpaired) electrons. The van der Waals surface area contributed by atoms with Crippen LogP contribution < -0.4 is 9.46 Å². The van der Waals surface area contributed by atoms with Gasteiger partial charge in [-0.25, -0.2) is 8.42 Å². The smallest absolute Gasteiger partial charge is 0.229 e. The number of benzene rings is 2. The number of ether oxygens (including phenoxy) is 1. The summed E-state index contributed by atoms with van der Waals surface area (Å²) in [5.41, 5.74) is 3.08. The van der Waals surface area contributed by atoms with Gasteiger partial charge in [0.15, 0.2) is 0 Å². The SMILES string of the molecule is CCON=C(CC1CCCCC1)C1CCN(Cc2ccc(Oc3ccc(NS(C)(=O)=O)cc3)cc2)CC1. The second-order valence-corrected chi connectivity index (χ2v) is 12.2. The molecule has 2 aliphatic rings. The summed E-state index contributed by atoms with van der Waals surface area (Å²) in [5.74, 6) is 2.74. The van der Waals surface area contributed by atoms with Crippen LogP contribution in [-0.2, 0) is 21.4 Å². The molecule has 1 saturated carbocycles. The van der Waals surface area contributed by atoms with Crippen molar-refractivity contribution in [3.63, 3.8) is 0 Å². The molecule has 1 saturated heterocycles. The fourth-order valence-electron chi connectivity index (χ4n) is 5.40. The van der Waals surface area contributed by atoms with E-state index < -0.39 is 10.0 Å². The first-order valence-electron chi connectivity index (χ1n) is 13.6. The number of rotatable bonds is 11. The molecule has 2 fully saturated rings. The van der Waals surface area contributed by atoms with E-state index in [2.05, 4.69) is 26.9 Å². The van der Waals surface area contributed by atoms with Gasteiger partial charge < -0.3 is 9.57 Å². The van der Waals surface area contributed by atoms with Gasteiger partial charge in [0.25, 0.3) is 0 Å². The number of hydrogen-bond acceptors (Lipinski definition) is 6. The van der Waals surface area contributed by atoms with Gasteiger partial charge >= 0.3 is 0 Å². The number of piperidine rings is 1. The summed E-state index contributed by atoms with van der Waals surface area (Å²) < 4.78 is 31.1. The van der Waals surface area contributed by atoms with Gasteiger partial charge in [0.2, 0.25) is 10.0 Å². The van der Waals surface area contributed by atoms with E-state index in [0.717, 1.165) is 56.8 Å². The summed E-state index contributed by atoms with van der Waals surface area (Å²) in [4.78, 5) is 8.05. The molecule has 8 heteroatoms. The summed E-state index contributed by atoms with van der Waals surface area (Å²) in [7, 11) is -3.29. The molecule has 1 aliphatic heterocycles. The van der Waals surface area contributed by atoms with E-state index in [-0.39, 0.29) is 0 Å². The van der Waals surface area contributed by atoms with Gasteiger partial charge in [-0.15, -0.1) is 0 Å². The standard InChI is InChI=1S/C29H41N3O4S/c1-3-35-30-29(21-23-7-5-4-6-8-23)25-17-19-32(20-18-25)22-24-9-13-27(14-10-24)36-28-15-11-26(12-16-28)31-37(2,33)34/h9-16,23,25,31H,3-8,17-22H2,1-2H3. The summed E-state index contributed by atoms with van der Waals surface area (Å²) in [5, 5.41) is 4.59. The van der Waals surface area contributed by atoms with Crippen LogP contribution >= 0.6 is 0 Å². The Kier molecular flexibility index (Phi) is 9.86. The maximum absolute atomic E-state index is 11.4. The third kappa shape index (κ3) is 9.04. The van der Waals surface area contributed by atoms with Crippen LogP contribution in [0.3, 0.4) is 0 Å². The monoisotopic (exact) mass is 527 g/mol. The topological polar surface area (TPSA) is 80.2 Å². The molecular weight excluding hydrogens is 486 g/mol. The van der Waals surface area contributed by atoms with Crippen LogP contribution in [0, 0.1) is 11.8 Å². The molecule has 0 spiro atoms. The summed E-state index contributed by atoms with van der Waals surface area (Å²) in [6.07, 6.45) is 11.3. The van der Waals surface area contributed by atoms with Crippen LogP contribution in [0.4, 0.5) is 5.69 Å². The first-order chi connectivity index (χ1) is 17.9. The maximum atomic E-state index is 11.4. The average molecular weight is 528 g/mol. The Hall–Kier alpha value is -2.58. The van der Waals surface area contributed by atoms with Crippen LogP contribution in [-0.4, -0.2) is 45.0 Å². The average Bonchev–Trinajstić information content (AvgIpc) is 2.89. The Bertz CT molecular complexity index is 1100. The minimum absolute atomic E-state index is 0.513. The van der Waals surface area contributed by atoms with Crippen molar-refractivity contribution in [2.75, 3.05) is 30.7 Å². The van der Waals surface area contributed by atoms with Crippen LogP contribution in [0.2, 0.25) is 0 Å². The molecule has 1 heterocycles. The zero-order valence-electron chi connectivity index (χ0n) is 22.2. The van der Waals surface area contributed by atoms with E-state index in [0.29, 0.717) is 24.0 Å². The second kappa shape index (κ2) is 13.3. The number of anilines is 1. The molecule has 202 valence electrons. The van der Waals surface area contributed by atoms with E-state index in [1.807, 2.05) is 19.1 Å². The number of sulfonamides is 1. The molecule has 0 unspecified atom stereocenters. The molecule has 1 N–H and O–H groups in total. The summed E-state index contributed by atoms with van der Waals surface area (Å²) in [6.45, 7) is 5.73. The van der Waals surface area contributed by atoms with Crippen molar-refractivity contribution in [1.82, 2.24) is 4.90 Å². The van der Waals surface area contributed by atoms with Crippen molar-refractivity contribution in [2.45, 2.75) is 64.8 Å². The zero-order chi connectivity index (χ0) is 26.1. The van der Waals surface area contributed by atoms with Crippen molar-refractivity contribution < 1.29 is 18.0 Å². The van der Waals surface area contributed by atoms with E-state index in [1.165, 1.54) is 43.4 Å². The Balaban J connectivity index is 1.25. The molecule has 2 aromatic carbocycles. The van der Waals surface area contributed by atoms with Crippen molar-refractivity contribution in [2.24, 2.45) is 17.0 Å².